The molecule has 0 bridgehead atoms. The van der Waals surface area contributed by atoms with E-state index in [2.05, 4.69) is 21.2 Å². The lowest BCUT2D eigenvalue weighted by atomic mass is 10.1. The van der Waals surface area contributed by atoms with Gasteiger partial charge < -0.3 is 5.32 Å². The van der Waals surface area contributed by atoms with E-state index in [0.29, 0.717) is 17.3 Å². The third-order valence-corrected chi connectivity index (χ3v) is 3.97. The second-order valence-electron chi connectivity index (χ2n) is 4.13. The lowest BCUT2D eigenvalue weighted by Gasteiger charge is -2.14. The van der Waals surface area contributed by atoms with Crippen LogP contribution in [0.25, 0.3) is 0 Å². The second kappa shape index (κ2) is 5.89. The molecule has 0 aliphatic heterocycles. The third-order valence-electron chi connectivity index (χ3n) is 2.76. The molecule has 2 atom stereocenters. The van der Waals surface area contributed by atoms with Crippen molar-refractivity contribution in [2.45, 2.75) is 43.1 Å². The molecule has 0 saturated heterocycles. The zero-order valence-corrected chi connectivity index (χ0v) is 10.4. The van der Waals surface area contributed by atoms with Gasteiger partial charge in [0, 0.05) is 17.8 Å². The fourth-order valence-corrected chi connectivity index (χ4v) is 2.59. The Morgan fingerprint density at radius 3 is 2.56 bits per heavy atom. The predicted octanol–water partition coefficient (Wildman–Crippen LogP) is 3.01. The van der Waals surface area contributed by atoms with Crippen LogP contribution in [-0.4, -0.2) is 23.5 Å². The molecule has 0 aromatic heterocycles. The Morgan fingerprint density at radius 1 is 1.38 bits per heavy atom. The molecule has 1 fully saturated rings. The van der Waals surface area contributed by atoms with E-state index in [9.17, 15) is 18.0 Å². The molecule has 16 heavy (non-hydrogen) atoms. The van der Waals surface area contributed by atoms with E-state index in [0.717, 1.165) is 19.3 Å². The number of halogens is 4. The molecule has 0 radical (unpaired) electrons. The van der Waals surface area contributed by atoms with E-state index in [1.165, 1.54) is 0 Å². The number of carbonyl (C=O) groups excluding carboxylic acids is 1. The molecule has 1 aliphatic rings. The Hall–Kier alpha value is -0.260. The molecular weight excluding hydrogens is 287 g/mol. The van der Waals surface area contributed by atoms with Crippen molar-refractivity contribution < 1.29 is 18.0 Å². The highest BCUT2D eigenvalue weighted by molar-refractivity contribution is 9.09. The summed E-state index contributed by atoms with van der Waals surface area (Å²) >= 11 is 3.49. The van der Waals surface area contributed by atoms with Gasteiger partial charge in [-0.25, -0.2) is 0 Å². The number of nitrogens with one attached hydrogen (secondary N) is 1. The average Bonchev–Trinajstić information content (AvgIpc) is 2.57. The van der Waals surface area contributed by atoms with Gasteiger partial charge in [-0.15, -0.1) is 0 Å². The normalized spacial score (nSPS) is 25.8. The summed E-state index contributed by atoms with van der Waals surface area (Å²) in [5.74, 6) is -0.154. The van der Waals surface area contributed by atoms with E-state index in [4.69, 9.17) is 0 Å². The molecule has 1 N–H and O–H groups in total. The van der Waals surface area contributed by atoms with E-state index in [1.807, 2.05) is 0 Å². The monoisotopic (exact) mass is 301 g/mol. The standard InChI is InChI=1S/C10H15BrF3NO/c11-8-3-1-2-7(8)6-15-9(16)4-5-10(12,13)14/h7-8H,1-6H2,(H,15,16). The van der Waals surface area contributed by atoms with Crippen molar-refractivity contribution in [2.24, 2.45) is 5.92 Å². The molecule has 0 aromatic carbocycles. The van der Waals surface area contributed by atoms with E-state index < -0.39 is 24.9 Å². The highest BCUT2D eigenvalue weighted by Crippen LogP contribution is 2.30. The number of amides is 1. The Morgan fingerprint density at radius 2 is 2.06 bits per heavy atom. The van der Waals surface area contributed by atoms with Crippen LogP contribution in [0.5, 0.6) is 0 Å². The second-order valence-corrected chi connectivity index (χ2v) is 5.30. The van der Waals surface area contributed by atoms with Crippen molar-refractivity contribution in [3.05, 3.63) is 0 Å². The number of hydrogen-bond acceptors (Lipinski definition) is 1. The largest absolute Gasteiger partial charge is 0.389 e. The molecule has 1 saturated carbocycles. The van der Waals surface area contributed by atoms with Crippen molar-refractivity contribution in [1.29, 1.82) is 0 Å². The average molecular weight is 302 g/mol. The fraction of sp³-hybridized carbons (Fsp3) is 0.900. The molecule has 6 heteroatoms. The lowest BCUT2D eigenvalue weighted by Crippen LogP contribution is -2.31. The molecule has 1 amide bonds. The van der Waals surface area contributed by atoms with Gasteiger partial charge in [-0.3, -0.25) is 4.79 Å². The van der Waals surface area contributed by atoms with Crippen molar-refractivity contribution in [3.8, 4) is 0 Å². The van der Waals surface area contributed by atoms with Crippen molar-refractivity contribution >= 4 is 21.8 Å². The summed E-state index contributed by atoms with van der Waals surface area (Å²) < 4.78 is 35.5. The van der Waals surface area contributed by atoms with Crippen LogP contribution in [0.2, 0.25) is 0 Å². The van der Waals surface area contributed by atoms with Crippen molar-refractivity contribution in [1.82, 2.24) is 5.32 Å². The summed E-state index contributed by atoms with van der Waals surface area (Å²) in [6, 6.07) is 0. The summed E-state index contributed by atoms with van der Waals surface area (Å²) in [7, 11) is 0. The van der Waals surface area contributed by atoms with Gasteiger partial charge in [-0.05, 0) is 18.8 Å². The predicted molar refractivity (Wildman–Crippen MR) is 58.4 cm³/mol. The van der Waals surface area contributed by atoms with Crippen LogP contribution < -0.4 is 5.32 Å². The van der Waals surface area contributed by atoms with Crippen LogP contribution in [0.4, 0.5) is 13.2 Å². The zero-order valence-electron chi connectivity index (χ0n) is 8.82. The molecule has 1 aliphatic carbocycles. The molecule has 94 valence electrons. The summed E-state index contributed by atoms with van der Waals surface area (Å²) in [6.45, 7) is 0.479. The fourth-order valence-electron chi connectivity index (χ4n) is 1.81. The molecule has 0 aromatic rings. The van der Waals surface area contributed by atoms with Crippen LogP contribution in [0.15, 0.2) is 0 Å². The van der Waals surface area contributed by atoms with Gasteiger partial charge in [-0.1, -0.05) is 22.4 Å². The summed E-state index contributed by atoms with van der Waals surface area (Å²) in [5, 5.41) is 2.56. The van der Waals surface area contributed by atoms with Gasteiger partial charge in [0.1, 0.15) is 0 Å². The minimum absolute atomic E-state index is 0.356. The van der Waals surface area contributed by atoms with E-state index >= 15 is 0 Å². The number of alkyl halides is 4. The molecular formula is C10H15BrF3NO. The van der Waals surface area contributed by atoms with Gasteiger partial charge in [0.05, 0.1) is 6.42 Å². The quantitative estimate of drug-likeness (QED) is 0.795. The first-order valence-corrected chi connectivity index (χ1v) is 6.27. The number of rotatable bonds is 4. The van der Waals surface area contributed by atoms with Crippen molar-refractivity contribution in [3.63, 3.8) is 0 Å². The highest BCUT2D eigenvalue weighted by atomic mass is 79.9. The highest BCUT2D eigenvalue weighted by Gasteiger charge is 2.29. The van der Waals surface area contributed by atoms with E-state index in [1.54, 1.807) is 0 Å². The minimum atomic E-state index is -4.25. The maximum absolute atomic E-state index is 11.8. The summed E-state index contributed by atoms with van der Waals surface area (Å²) in [6.07, 6.45) is -2.55. The van der Waals surface area contributed by atoms with Gasteiger partial charge in [0.15, 0.2) is 0 Å². The number of hydrogen-bond donors (Lipinski definition) is 1. The van der Waals surface area contributed by atoms with Crippen LogP contribution in [0, 0.1) is 5.92 Å². The van der Waals surface area contributed by atoms with Crippen LogP contribution in [0.1, 0.15) is 32.1 Å². The first-order valence-electron chi connectivity index (χ1n) is 5.36. The Kier molecular flexibility index (Phi) is 5.08. The Labute approximate surface area is 101 Å². The minimum Gasteiger partial charge on any atom is -0.356 e. The van der Waals surface area contributed by atoms with Gasteiger partial charge in [0.2, 0.25) is 5.91 Å². The van der Waals surface area contributed by atoms with Gasteiger partial charge in [0.25, 0.3) is 0 Å². The topological polar surface area (TPSA) is 29.1 Å². The Balaban J connectivity index is 2.15. The maximum atomic E-state index is 11.8. The van der Waals surface area contributed by atoms with Gasteiger partial charge >= 0.3 is 6.18 Å². The van der Waals surface area contributed by atoms with Gasteiger partial charge in [-0.2, -0.15) is 13.2 Å². The third kappa shape index (κ3) is 5.18. The van der Waals surface area contributed by atoms with Crippen LogP contribution in [-0.2, 0) is 4.79 Å². The zero-order chi connectivity index (χ0) is 12.2. The molecule has 1 rings (SSSR count). The first-order chi connectivity index (χ1) is 7.38. The molecule has 0 heterocycles. The smallest absolute Gasteiger partial charge is 0.356 e. The molecule has 0 spiro atoms. The Bertz CT molecular complexity index is 245. The SMILES string of the molecule is O=C(CCC(F)(F)F)NCC1CCCC1Br. The van der Waals surface area contributed by atoms with Crippen LogP contribution >= 0.6 is 15.9 Å². The van der Waals surface area contributed by atoms with E-state index in [-0.39, 0.29) is 0 Å². The first kappa shape index (κ1) is 13.8. The van der Waals surface area contributed by atoms with Crippen LogP contribution in [0.3, 0.4) is 0 Å². The summed E-state index contributed by atoms with van der Waals surface area (Å²) in [5.41, 5.74) is 0. The van der Waals surface area contributed by atoms with Crippen molar-refractivity contribution in [2.75, 3.05) is 6.54 Å². The molecule has 2 unspecified atom stereocenters. The summed E-state index contributed by atoms with van der Waals surface area (Å²) in [4.78, 5) is 11.5. The molecule has 2 nitrogen and oxygen atoms in total. The number of carbonyl (C=O) groups is 1. The maximum Gasteiger partial charge on any atom is 0.389 e. The lowest BCUT2D eigenvalue weighted by molar-refractivity contribution is -0.144.